The van der Waals surface area contributed by atoms with Crippen molar-refractivity contribution in [3.63, 3.8) is 0 Å². The molecule has 0 unspecified atom stereocenters. The average Bonchev–Trinajstić information content (AvgIpc) is 2.99. The molecule has 110 valence electrons. The summed E-state index contributed by atoms with van der Waals surface area (Å²) in [6.07, 6.45) is 5.43. The summed E-state index contributed by atoms with van der Waals surface area (Å²) in [4.78, 5) is 11.5. The van der Waals surface area contributed by atoms with E-state index < -0.39 is 0 Å². The van der Waals surface area contributed by atoms with Crippen LogP contribution in [0.15, 0.2) is 22.7 Å². The maximum atomic E-state index is 11.5. The Hall–Kier alpha value is -0.870. The van der Waals surface area contributed by atoms with E-state index in [1.165, 1.54) is 38.4 Å². The van der Waals surface area contributed by atoms with Crippen LogP contribution in [-0.4, -0.2) is 19.1 Å². The lowest BCUT2D eigenvalue weighted by atomic mass is 9.99. The zero-order valence-corrected chi connectivity index (χ0v) is 13.7. The van der Waals surface area contributed by atoms with Gasteiger partial charge in [-0.1, -0.05) is 34.8 Å². The third-order valence-electron chi connectivity index (χ3n) is 4.20. The van der Waals surface area contributed by atoms with E-state index in [2.05, 4.69) is 28.2 Å². The summed E-state index contributed by atoms with van der Waals surface area (Å²) >= 11 is 3.53. The Morgan fingerprint density at radius 2 is 2.15 bits per heavy atom. The van der Waals surface area contributed by atoms with Gasteiger partial charge in [0.2, 0.25) is 0 Å². The fourth-order valence-electron chi connectivity index (χ4n) is 2.83. The first-order valence-corrected chi connectivity index (χ1v) is 8.01. The lowest BCUT2D eigenvalue weighted by Gasteiger charge is -2.20. The summed E-state index contributed by atoms with van der Waals surface area (Å²) in [7, 11) is 1.40. The zero-order valence-electron chi connectivity index (χ0n) is 12.1. The van der Waals surface area contributed by atoms with Gasteiger partial charge in [0, 0.05) is 17.1 Å². The van der Waals surface area contributed by atoms with Gasteiger partial charge in [0.05, 0.1) is 12.7 Å². The van der Waals surface area contributed by atoms with Gasteiger partial charge < -0.3 is 10.1 Å². The Bertz CT molecular complexity index is 470. The Morgan fingerprint density at radius 3 is 2.75 bits per heavy atom. The van der Waals surface area contributed by atoms with Gasteiger partial charge >= 0.3 is 5.97 Å². The molecule has 0 spiro atoms. The van der Waals surface area contributed by atoms with E-state index in [1.807, 2.05) is 18.2 Å². The van der Waals surface area contributed by atoms with E-state index in [0.29, 0.717) is 11.6 Å². The number of esters is 1. The van der Waals surface area contributed by atoms with Crippen molar-refractivity contribution in [3.8, 4) is 0 Å². The number of rotatable bonds is 5. The number of carbonyl (C=O) groups is 1. The summed E-state index contributed by atoms with van der Waals surface area (Å²) in [6, 6.07) is 6.16. The largest absolute Gasteiger partial charge is 0.465 e. The quantitative estimate of drug-likeness (QED) is 0.826. The van der Waals surface area contributed by atoms with Crippen LogP contribution < -0.4 is 5.32 Å². The normalized spacial score (nSPS) is 17.1. The maximum Gasteiger partial charge on any atom is 0.337 e. The third kappa shape index (κ3) is 3.83. The molecule has 0 aliphatic heterocycles. The molecule has 4 heteroatoms. The molecule has 0 amide bonds. The number of benzene rings is 1. The topological polar surface area (TPSA) is 38.3 Å². The van der Waals surface area contributed by atoms with Gasteiger partial charge in [0.25, 0.3) is 0 Å². The Kier molecular flexibility index (Phi) is 5.61. The SMILES string of the molecule is COC(=O)c1ccc(CN[C@@H](C)C2CCCC2)c(Br)c1. The van der Waals surface area contributed by atoms with Crippen LogP contribution >= 0.6 is 15.9 Å². The smallest absolute Gasteiger partial charge is 0.337 e. The lowest BCUT2D eigenvalue weighted by Crippen LogP contribution is -2.31. The number of halogens is 1. The number of methoxy groups -OCH3 is 1. The first-order chi connectivity index (χ1) is 9.61. The highest BCUT2D eigenvalue weighted by Gasteiger charge is 2.21. The third-order valence-corrected chi connectivity index (χ3v) is 4.93. The van der Waals surface area contributed by atoms with Crippen molar-refractivity contribution in [2.24, 2.45) is 5.92 Å². The Balaban J connectivity index is 1.94. The van der Waals surface area contributed by atoms with Crippen LogP contribution in [0.3, 0.4) is 0 Å². The summed E-state index contributed by atoms with van der Waals surface area (Å²) in [5.41, 5.74) is 1.74. The molecule has 1 aromatic carbocycles. The molecule has 1 aliphatic carbocycles. The molecule has 3 nitrogen and oxygen atoms in total. The number of ether oxygens (including phenoxy) is 1. The molecule has 1 fully saturated rings. The first kappa shape index (κ1) is 15.5. The fourth-order valence-corrected chi connectivity index (χ4v) is 3.35. The maximum absolute atomic E-state index is 11.5. The van der Waals surface area contributed by atoms with Crippen molar-refractivity contribution in [1.29, 1.82) is 0 Å². The molecular weight excluding hydrogens is 318 g/mol. The highest BCUT2D eigenvalue weighted by molar-refractivity contribution is 9.10. The van der Waals surface area contributed by atoms with Crippen LogP contribution in [0.1, 0.15) is 48.5 Å². The summed E-state index contributed by atoms with van der Waals surface area (Å²) in [6.45, 7) is 3.09. The Labute approximate surface area is 129 Å². The molecule has 1 atom stereocenters. The molecule has 20 heavy (non-hydrogen) atoms. The molecule has 0 radical (unpaired) electrons. The number of hydrogen-bond donors (Lipinski definition) is 1. The standard InChI is InChI=1S/C16H22BrNO2/c1-11(12-5-3-4-6-12)18-10-14-8-7-13(9-15(14)17)16(19)20-2/h7-9,11-12,18H,3-6,10H2,1-2H3/t11-/m0/s1. The van der Waals surface area contributed by atoms with Gasteiger partial charge in [-0.2, -0.15) is 0 Å². The molecule has 2 rings (SSSR count). The molecule has 0 saturated heterocycles. The van der Waals surface area contributed by atoms with Crippen molar-refractivity contribution in [2.75, 3.05) is 7.11 Å². The van der Waals surface area contributed by atoms with Gasteiger partial charge in [-0.25, -0.2) is 4.79 Å². The van der Waals surface area contributed by atoms with Crippen LogP contribution in [0, 0.1) is 5.92 Å². The van der Waals surface area contributed by atoms with Gasteiger partial charge in [-0.05, 0) is 43.4 Å². The highest BCUT2D eigenvalue weighted by atomic mass is 79.9. The summed E-state index contributed by atoms with van der Waals surface area (Å²) in [5, 5.41) is 3.60. The van der Waals surface area contributed by atoms with Crippen molar-refractivity contribution < 1.29 is 9.53 Å². The zero-order chi connectivity index (χ0) is 14.5. The van der Waals surface area contributed by atoms with E-state index in [4.69, 9.17) is 4.74 Å². The van der Waals surface area contributed by atoms with E-state index in [1.54, 1.807) is 0 Å². The van der Waals surface area contributed by atoms with Crippen molar-refractivity contribution in [2.45, 2.75) is 45.2 Å². The number of nitrogens with one attached hydrogen (secondary N) is 1. The van der Waals surface area contributed by atoms with Crippen LogP contribution in [0.5, 0.6) is 0 Å². The highest BCUT2D eigenvalue weighted by Crippen LogP contribution is 2.28. The van der Waals surface area contributed by atoms with E-state index in [-0.39, 0.29) is 5.97 Å². The first-order valence-electron chi connectivity index (χ1n) is 7.22. The molecule has 1 aromatic rings. The van der Waals surface area contributed by atoms with Crippen molar-refractivity contribution in [3.05, 3.63) is 33.8 Å². The molecule has 1 aliphatic rings. The van der Waals surface area contributed by atoms with Crippen LogP contribution in [0.25, 0.3) is 0 Å². The van der Waals surface area contributed by atoms with Gasteiger partial charge in [-0.15, -0.1) is 0 Å². The minimum absolute atomic E-state index is 0.301. The minimum Gasteiger partial charge on any atom is -0.465 e. The van der Waals surface area contributed by atoms with E-state index in [0.717, 1.165) is 16.9 Å². The molecule has 0 aromatic heterocycles. The van der Waals surface area contributed by atoms with Crippen molar-refractivity contribution in [1.82, 2.24) is 5.32 Å². The van der Waals surface area contributed by atoms with Gasteiger partial charge in [0.15, 0.2) is 0 Å². The van der Waals surface area contributed by atoms with E-state index in [9.17, 15) is 4.79 Å². The molecule has 0 bridgehead atoms. The fraction of sp³-hybridized carbons (Fsp3) is 0.562. The molecule has 1 N–H and O–H groups in total. The number of carbonyl (C=O) groups excluding carboxylic acids is 1. The van der Waals surface area contributed by atoms with Crippen LogP contribution in [0.2, 0.25) is 0 Å². The Morgan fingerprint density at radius 1 is 1.45 bits per heavy atom. The second kappa shape index (κ2) is 7.23. The van der Waals surface area contributed by atoms with E-state index >= 15 is 0 Å². The predicted octanol–water partition coefficient (Wildman–Crippen LogP) is 3.90. The average molecular weight is 340 g/mol. The monoisotopic (exact) mass is 339 g/mol. The second-order valence-corrected chi connectivity index (χ2v) is 6.37. The van der Waals surface area contributed by atoms with Gasteiger partial charge in [0.1, 0.15) is 0 Å². The predicted molar refractivity (Wildman–Crippen MR) is 83.7 cm³/mol. The second-order valence-electron chi connectivity index (χ2n) is 5.51. The molecular formula is C16H22BrNO2. The molecule has 0 heterocycles. The lowest BCUT2D eigenvalue weighted by molar-refractivity contribution is 0.0600. The minimum atomic E-state index is -0.301. The van der Waals surface area contributed by atoms with Crippen LogP contribution in [-0.2, 0) is 11.3 Å². The number of hydrogen-bond acceptors (Lipinski definition) is 3. The summed E-state index contributed by atoms with van der Waals surface area (Å²) in [5.74, 6) is 0.507. The van der Waals surface area contributed by atoms with Crippen molar-refractivity contribution >= 4 is 21.9 Å². The summed E-state index contributed by atoms with van der Waals surface area (Å²) < 4.78 is 5.67. The molecule has 1 saturated carbocycles. The van der Waals surface area contributed by atoms with Gasteiger partial charge in [-0.3, -0.25) is 0 Å². The van der Waals surface area contributed by atoms with Crippen LogP contribution in [0.4, 0.5) is 0 Å².